The molecule has 1 aromatic carbocycles. The Morgan fingerprint density at radius 2 is 1.92 bits per heavy atom. The maximum absolute atomic E-state index is 12.5. The zero-order chi connectivity index (χ0) is 27.2. The van der Waals surface area contributed by atoms with Gasteiger partial charge >= 0.3 is 5.97 Å². The van der Waals surface area contributed by atoms with Crippen LogP contribution in [0.2, 0.25) is 0 Å². The summed E-state index contributed by atoms with van der Waals surface area (Å²) < 4.78 is 20.4. The number of carbonyl (C=O) groups excluding carboxylic acids is 1. The van der Waals surface area contributed by atoms with Crippen molar-refractivity contribution in [1.82, 2.24) is 19.4 Å². The Bertz CT molecular complexity index is 1280. The van der Waals surface area contributed by atoms with Crippen LogP contribution >= 0.6 is 0 Å². The molecular formula is C29H40N4O5. The van der Waals surface area contributed by atoms with Gasteiger partial charge in [-0.05, 0) is 69.3 Å². The second kappa shape index (κ2) is 12.7. The number of nitrogens with zero attached hydrogens (tertiary/aromatic N) is 3. The SMILES string of the molecule is CCC(NCCc1ccc2c(c1)nc(-c1cc(C)c(=O)n(C)c1)n2C(COC)COC)C(=O)OC1CCC1. The number of carbonyl (C=O) groups is 1. The predicted octanol–water partition coefficient (Wildman–Crippen LogP) is 3.55. The first-order valence-corrected chi connectivity index (χ1v) is 13.5. The lowest BCUT2D eigenvalue weighted by Gasteiger charge is -2.27. The van der Waals surface area contributed by atoms with Crippen LogP contribution in [0, 0.1) is 6.92 Å². The van der Waals surface area contributed by atoms with E-state index < -0.39 is 0 Å². The van der Waals surface area contributed by atoms with Gasteiger partial charge < -0.3 is 28.7 Å². The Morgan fingerprint density at radius 3 is 2.53 bits per heavy atom. The highest BCUT2D eigenvalue weighted by Crippen LogP contribution is 2.30. The molecular weight excluding hydrogens is 484 g/mol. The second-order valence-corrected chi connectivity index (χ2v) is 10.2. The molecule has 1 aliphatic carbocycles. The molecule has 9 heteroatoms. The summed E-state index contributed by atoms with van der Waals surface area (Å²) in [5.74, 6) is 0.615. The van der Waals surface area contributed by atoms with Gasteiger partial charge in [0.15, 0.2) is 0 Å². The first-order valence-electron chi connectivity index (χ1n) is 13.5. The van der Waals surface area contributed by atoms with Crippen molar-refractivity contribution >= 4 is 17.0 Å². The van der Waals surface area contributed by atoms with Gasteiger partial charge in [-0.15, -0.1) is 0 Å². The van der Waals surface area contributed by atoms with E-state index in [0.29, 0.717) is 31.7 Å². The van der Waals surface area contributed by atoms with Crippen LogP contribution in [0.15, 0.2) is 35.3 Å². The smallest absolute Gasteiger partial charge is 0.323 e. The fourth-order valence-electron chi connectivity index (χ4n) is 4.98. The lowest BCUT2D eigenvalue weighted by atomic mass is 9.96. The number of imidazole rings is 1. The van der Waals surface area contributed by atoms with Crippen molar-refractivity contribution in [3.05, 3.63) is 51.9 Å². The third-order valence-corrected chi connectivity index (χ3v) is 7.29. The minimum Gasteiger partial charge on any atom is -0.461 e. The highest BCUT2D eigenvalue weighted by molar-refractivity contribution is 5.81. The van der Waals surface area contributed by atoms with Crippen molar-refractivity contribution in [3.8, 4) is 11.4 Å². The van der Waals surface area contributed by atoms with Crippen LogP contribution in [-0.2, 0) is 32.5 Å². The molecule has 4 rings (SSSR count). The molecule has 0 amide bonds. The van der Waals surface area contributed by atoms with E-state index in [1.165, 1.54) is 0 Å². The van der Waals surface area contributed by atoms with Crippen molar-refractivity contribution in [2.45, 2.75) is 64.1 Å². The van der Waals surface area contributed by atoms with Gasteiger partial charge in [-0.1, -0.05) is 13.0 Å². The average Bonchev–Trinajstić information content (AvgIpc) is 3.25. The van der Waals surface area contributed by atoms with Crippen LogP contribution in [0.1, 0.15) is 49.8 Å². The molecule has 38 heavy (non-hydrogen) atoms. The molecule has 206 valence electrons. The van der Waals surface area contributed by atoms with E-state index in [1.807, 2.05) is 26.1 Å². The first kappa shape index (κ1) is 28.0. The third kappa shape index (κ3) is 6.17. The van der Waals surface area contributed by atoms with E-state index in [-0.39, 0.29) is 29.7 Å². The van der Waals surface area contributed by atoms with Gasteiger partial charge in [0.05, 0.1) is 30.3 Å². The normalized spacial score (nSPS) is 14.7. The molecule has 1 aliphatic rings. The lowest BCUT2D eigenvalue weighted by molar-refractivity contribution is -0.155. The maximum atomic E-state index is 12.5. The quantitative estimate of drug-likeness (QED) is 0.342. The molecule has 0 saturated heterocycles. The lowest BCUT2D eigenvalue weighted by Crippen LogP contribution is -2.41. The summed E-state index contributed by atoms with van der Waals surface area (Å²) in [5, 5.41) is 3.37. The summed E-state index contributed by atoms with van der Waals surface area (Å²) in [6.45, 7) is 5.39. The van der Waals surface area contributed by atoms with Crippen molar-refractivity contribution in [1.29, 1.82) is 0 Å². The number of pyridine rings is 1. The highest BCUT2D eigenvalue weighted by atomic mass is 16.5. The molecule has 1 fully saturated rings. The summed E-state index contributed by atoms with van der Waals surface area (Å²) in [5.41, 5.74) is 4.44. The van der Waals surface area contributed by atoms with Crippen LogP contribution in [-0.4, -0.2) is 66.2 Å². The number of fused-ring (bicyclic) bond motifs is 1. The average molecular weight is 525 g/mol. The van der Waals surface area contributed by atoms with Crippen LogP contribution in [0.25, 0.3) is 22.4 Å². The Morgan fingerprint density at radius 1 is 1.18 bits per heavy atom. The van der Waals surface area contributed by atoms with Gasteiger partial charge in [-0.3, -0.25) is 9.59 Å². The van der Waals surface area contributed by atoms with Crippen molar-refractivity contribution in [2.24, 2.45) is 7.05 Å². The number of hydrogen-bond donors (Lipinski definition) is 1. The van der Waals surface area contributed by atoms with Gasteiger partial charge in [-0.25, -0.2) is 4.98 Å². The fraction of sp³-hybridized carbons (Fsp3) is 0.552. The predicted molar refractivity (Wildman–Crippen MR) is 147 cm³/mol. The largest absolute Gasteiger partial charge is 0.461 e. The molecule has 0 radical (unpaired) electrons. The molecule has 2 heterocycles. The topological polar surface area (TPSA) is 96.6 Å². The highest BCUT2D eigenvalue weighted by Gasteiger charge is 2.26. The molecule has 0 bridgehead atoms. The van der Waals surface area contributed by atoms with Crippen LogP contribution in [0.5, 0.6) is 0 Å². The van der Waals surface area contributed by atoms with Gasteiger partial charge in [-0.2, -0.15) is 0 Å². The third-order valence-electron chi connectivity index (χ3n) is 7.29. The molecule has 1 unspecified atom stereocenters. The van der Waals surface area contributed by atoms with Crippen molar-refractivity contribution in [3.63, 3.8) is 0 Å². The van der Waals surface area contributed by atoms with E-state index >= 15 is 0 Å². The minimum absolute atomic E-state index is 0.0292. The van der Waals surface area contributed by atoms with E-state index in [9.17, 15) is 9.59 Å². The number of aryl methyl sites for hydroxylation is 2. The van der Waals surface area contributed by atoms with Crippen molar-refractivity contribution in [2.75, 3.05) is 34.0 Å². The number of benzene rings is 1. The number of nitrogens with one attached hydrogen (secondary N) is 1. The Labute approximate surface area is 224 Å². The molecule has 1 saturated carbocycles. The molecule has 0 spiro atoms. The van der Waals surface area contributed by atoms with E-state index in [4.69, 9.17) is 19.2 Å². The molecule has 1 atom stereocenters. The number of hydrogen-bond acceptors (Lipinski definition) is 7. The van der Waals surface area contributed by atoms with E-state index in [2.05, 4.69) is 28.1 Å². The van der Waals surface area contributed by atoms with Crippen LogP contribution in [0.4, 0.5) is 0 Å². The van der Waals surface area contributed by atoms with Gasteiger partial charge in [0.2, 0.25) is 0 Å². The summed E-state index contributed by atoms with van der Waals surface area (Å²) in [6, 6.07) is 7.77. The second-order valence-electron chi connectivity index (χ2n) is 10.2. The van der Waals surface area contributed by atoms with Crippen molar-refractivity contribution < 1.29 is 19.0 Å². The zero-order valence-electron chi connectivity index (χ0n) is 23.2. The number of esters is 1. The standard InChI is InChI=1S/C29H40N4O5/c1-6-24(29(35)38-23-8-7-9-23)30-13-12-20-10-11-26-25(15-20)31-27(33(26)22(17-36-4)18-37-5)21-14-19(2)28(34)32(3)16-21/h10-11,14-16,22-24,30H,6-9,12-13,17-18H2,1-5H3. The molecule has 3 aromatic rings. The zero-order valence-corrected chi connectivity index (χ0v) is 23.2. The molecule has 1 N–H and O–H groups in total. The minimum atomic E-state index is -0.290. The number of rotatable bonds is 13. The van der Waals surface area contributed by atoms with Crippen LogP contribution in [0.3, 0.4) is 0 Å². The first-order chi connectivity index (χ1) is 18.4. The Hall–Kier alpha value is -3.01. The van der Waals surface area contributed by atoms with E-state index in [1.54, 1.807) is 25.8 Å². The fourth-order valence-corrected chi connectivity index (χ4v) is 4.98. The van der Waals surface area contributed by atoms with Gasteiger partial charge in [0.1, 0.15) is 18.0 Å². The number of ether oxygens (including phenoxy) is 3. The molecule has 9 nitrogen and oxygen atoms in total. The molecule has 0 aliphatic heterocycles. The molecule has 2 aromatic heterocycles. The summed E-state index contributed by atoms with van der Waals surface area (Å²) in [4.78, 5) is 29.8. The Balaban J connectivity index is 1.60. The van der Waals surface area contributed by atoms with Crippen LogP contribution < -0.4 is 10.9 Å². The monoisotopic (exact) mass is 524 g/mol. The van der Waals surface area contributed by atoms with Gasteiger partial charge in [0, 0.05) is 38.6 Å². The summed E-state index contributed by atoms with van der Waals surface area (Å²) >= 11 is 0. The summed E-state index contributed by atoms with van der Waals surface area (Å²) in [6.07, 6.45) is 6.46. The number of aromatic nitrogens is 3. The number of methoxy groups -OCH3 is 2. The van der Waals surface area contributed by atoms with E-state index in [0.717, 1.165) is 53.7 Å². The maximum Gasteiger partial charge on any atom is 0.323 e. The van der Waals surface area contributed by atoms with Gasteiger partial charge in [0.25, 0.3) is 5.56 Å². The Kier molecular flexibility index (Phi) is 9.35. The summed E-state index contributed by atoms with van der Waals surface area (Å²) in [7, 11) is 5.10.